The molecule has 2 aromatic heterocycles. The number of ether oxygens (including phenoxy) is 3. The predicted molar refractivity (Wildman–Crippen MR) is 187 cm³/mol. The van der Waals surface area contributed by atoms with Gasteiger partial charge in [-0.3, -0.25) is 4.68 Å². The number of thiazole rings is 1. The molecule has 0 amide bonds. The Hall–Kier alpha value is -3.50. The van der Waals surface area contributed by atoms with Crippen LogP contribution in [0.15, 0.2) is 48.5 Å². The van der Waals surface area contributed by atoms with E-state index < -0.39 is 17.7 Å². The van der Waals surface area contributed by atoms with Crippen molar-refractivity contribution in [2.45, 2.75) is 59.2 Å². The molecule has 0 N–H and O–H groups in total. The van der Waals surface area contributed by atoms with Gasteiger partial charge in [-0.1, -0.05) is 23.7 Å². The summed E-state index contributed by atoms with van der Waals surface area (Å²) in [5, 5.41) is 7.58. The monoisotopic (exact) mass is 660 g/mol. The maximum absolute atomic E-state index is 13.5. The van der Waals surface area contributed by atoms with E-state index in [1.807, 2.05) is 70.6 Å². The van der Waals surface area contributed by atoms with Gasteiger partial charge in [0.15, 0.2) is 11.9 Å². The van der Waals surface area contributed by atoms with Crippen molar-refractivity contribution in [3.63, 3.8) is 0 Å². The molecule has 8 nitrogen and oxygen atoms in total. The Bertz CT molecular complexity index is 1870. The van der Waals surface area contributed by atoms with Crippen LogP contribution in [0, 0.1) is 6.92 Å². The van der Waals surface area contributed by atoms with Gasteiger partial charge in [0.25, 0.3) is 0 Å². The lowest BCUT2D eigenvalue weighted by Gasteiger charge is -2.29. The number of carbonyl (C=O) groups is 1. The van der Waals surface area contributed by atoms with Crippen molar-refractivity contribution in [3.8, 4) is 21.7 Å². The normalized spacial score (nSPS) is 15.2. The molecule has 0 bridgehead atoms. The maximum Gasteiger partial charge on any atom is 0.339 e. The largest absolute Gasteiger partial charge is 0.464 e. The van der Waals surface area contributed by atoms with E-state index in [0.29, 0.717) is 5.02 Å². The first-order chi connectivity index (χ1) is 22.0. The molecule has 0 spiro atoms. The highest BCUT2D eigenvalue weighted by Crippen LogP contribution is 2.45. The van der Waals surface area contributed by atoms with Crippen molar-refractivity contribution in [1.82, 2.24) is 14.8 Å². The van der Waals surface area contributed by atoms with Crippen molar-refractivity contribution in [2.75, 3.05) is 37.8 Å². The molecule has 0 aliphatic carbocycles. The Morgan fingerprint density at radius 3 is 2.43 bits per heavy atom. The van der Waals surface area contributed by atoms with E-state index in [-0.39, 0.29) is 6.61 Å². The predicted octanol–water partition coefficient (Wildman–Crippen LogP) is 8.51. The molecule has 0 saturated carbocycles. The van der Waals surface area contributed by atoms with Gasteiger partial charge in [0, 0.05) is 60.5 Å². The summed E-state index contributed by atoms with van der Waals surface area (Å²) in [6.07, 6.45) is 1.02. The first-order valence-corrected chi connectivity index (χ1v) is 17.1. The number of aromatic nitrogens is 3. The zero-order valence-corrected chi connectivity index (χ0v) is 28.9. The van der Waals surface area contributed by atoms with Crippen molar-refractivity contribution in [3.05, 3.63) is 64.7 Å². The van der Waals surface area contributed by atoms with E-state index in [9.17, 15) is 4.79 Å². The number of fused-ring (bicyclic) bond motifs is 2. The molecule has 1 saturated heterocycles. The quantitative estimate of drug-likeness (QED) is 0.162. The van der Waals surface area contributed by atoms with Gasteiger partial charge < -0.3 is 19.1 Å². The van der Waals surface area contributed by atoms with Crippen molar-refractivity contribution in [1.29, 1.82) is 0 Å². The Morgan fingerprint density at radius 1 is 1.07 bits per heavy atom. The second-order valence-electron chi connectivity index (χ2n) is 12.7. The average Bonchev–Trinajstić information content (AvgIpc) is 3.56. The van der Waals surface area contributed by atoms with E-state index in [2.05, 4.69) is 29.2 Å². The Labute approximate surface area is 279 Å². The Kier molecular flexibility index (Phi) is 9.39. The number of hydrogen-bond donors (Lipinski definition) is 0. The minimum absolute atomic E-state index is 0.259. The minimum Gasteiger partial charge on any atom is -0.464 e. The van der Waals surface area contributed by atoms with E-state index in [4.69, 9.17) is 35.9 Å². The summed E-state index contributed by atoms with van der Waals surface area (Å²) in [7, 11) is 2.00. The SMILES string of the molecule is CCOC(=O)[C@@H](OC(C)(C)C)c1c(C)cc2nc(-c3ccc4c(c3)c(N3CCCOCCC3)nn4C)sc2c1-c1ccc(Cl)cc1. The number of esters is 1. The number of hydrogen-bond acceptors (Lipinski definition) is 8. The van der Waals surface area contributed by atoms with Crippen molar-refractivity contribution < 1.29 is 19.0 Å². The molecular formula is C36H41ClN4O4S. The van der Waals surface area contributed by atoms with Gasteiger partial charge in [-0.25, -0.2) is 9.78 Å². The molecule has 0 unspecified atom stereocenters. The number of benzene rings is 3. The third-order valence-corrected chi connectivity index (χ3v) is 9.50. The summed E-state index contributed by atoms with van der Waals surface area (Å²) < 4.78 is 20.6. The fraction of sp³-hybridized carbons (Fsp3) is 0.417. The zero-order valence-electron chi connectivity index (χ0n) is 27.4. The zero-order chi connectivity index (χ0) is 32.6. The Balaban J connectivity index is 1.53. The van der Waals surface area contributed by atoms with Crippen LogP contribution in [0.3, 0.4) is 0 Å². The lowest BCUT2D eigenvalue weighted by Crippen LogP contribution is -2.30. The molecule has 10 heteroatoms. The van der Waals surface area contributed by atoms with Gasteiger partial charge >= 0.3 is 5.97 Å². The van der Waals surface area contributed by atoms with Crippen LogP contribution in [0.25, 0.3) is 42.8 Å². The summed E-state index contributed by atoms with van der Waals surface area (Å²) in [4.78, 5) is 21.1. The molecular weight excluding hydrogens is 620 g/mol. The van der Waals surface area contributed by atoms with E-state index >= 15 is 0 Å². The highest BCUT2D eigenvalue weighted by atomic mass is 35.5. The average molecular weight is 661 g/mol. The fourth-order valence-electron chi connectivity index (χ4n) is 6.13. The molecule has 6 rings (SSSR count). The Morgan fingerprint density at radius 2 is 1.76 bits per heavy atom. The van der Waals surface area contributed by atoms with Crippen LogP contribution in [0.5, 0.6) is 0 Å². The molecule has 242 valence electrons. The van der Waals surface area contributed by atoms with Crippen LogP contribution in [0.4, 0.5) is 5.82 Å². The molecule has 0 radical (unpaired) electrons. The molecule has 1 atom stereocenters. The van der Waals surface area contributed by atoms with Crippen LogP contribution in [-0.2, 0) is 26.1 Å². The molecule has 46 heavy (non-hydrogen) atoms. The summed E-state index contributed by atoms with van der Waals surface area (Å²) >= 11 is 7.94. The lowest BCUT2D eigenvalue weighted by atomic mass is 9.91. The van der Waals surface area contributed by atoms with E-state index in [0.717, 1.165) is 98.9 Å². The standard InChI is InChI=1S/C36H41ClN4O4S/c1-7-44-35(42)31(45-36(3,4)5)29-22(2)20-27-32(30(29)23-10-13-25(37)14-11-23)46-34(38-27)24-12-15-28-26(21-24)33(39-40(28)6)41-16-8-18-43-19-9-17-41/h10-15,20-21,31H,7-9,16-19H2,1-6H3/t31-/m0/s1. The fourth-order valence-corrected chi connectivity index (χ4v) is 7.37. The number of aryl methyl sites for hydroxylation is 2. The number of nitrogens with zero attached hydrogens (tertiary/aromatic N) is 4. The topological polar surface area (TPSA) is 78.7 Å². The molecule has 5 aromatic rings. The summed E-state index contributed by atoms with van der Waals surface area (Å²) in [5.74, 6) is 0.587. The van der Waals surface area contributed by atoms with Gasteiger partial charge in [0.05, 0.1) is 27.9 Å². The highest BCUT2D eigenvalue weighted by molar-refractivity contribution is 7.22. The maximum atomic E-state index is 13.5. The highest BCUT2D eigenvalue weighted by Gasteiger charge is 2.33. The first kappa shape index (κ1) is 32.4. The van der Waals surface area contributed by atoms with Crippen LogP contribution in [0.1, 0.15) is 57.8 Å². The smallest absolute Gasteiger partial charge is 0.339 e. The summed E-state index contributed by atoms with van der Waals surface area (Å²) in [5.41, 5.74) is 5.89. The minimum atomic E-state index is -0.918. The lowest BCUT2D eigenvalue weighted by molar-refractivity contribution is -0.166. The van der Waals surface area contributed by atoms with Crippen LogP contribution in [0.2, 0.25) is 5.02 Å². The van der Waals surface area contributed by atoms with Crippen LogP contribution >= 0.6 is 22.9 Å². The first-order valence-electron chi connectivity index (χ1n) is 15.9. The van der Waals surface area contributed by atoms with Gasteiger partial charge in [-0.2, -0.15) is 5.10 Å². The van der Waals surface area contributed by atoms with Crippen LogP contribution < -0.4 is 4.90 Å². The van der Waals surface area contributed by atoms with Gasteiger partial charge in [0.1, 0.15) is 5.01 Å². The van der Waals surface area contributed by atoms with E-state index in [1.54, 1.807) is 11.3 Å². The molecule has 3 heterocycles. The summed E-state index contributed by atoms with van der Waals surface area (Å²) in [6, 6.07) is 16.2. The van der Waals surface area contributed by atoms with Gasteiger partial charge in [0.2, 0.25) is 0 Å². The molecule has 1 fully saturated rings. The molecule has 1 aliphatic heterocycles. The third-order valence-electron chi connectivity index (χ3n) is 8.11. The van der Waals surface area contributed by atoms with Gasteiger partial charge in [-0.15, -0.1) is 11.3 Å². The second-order valence-corrected chi connectivity index (χ2v) is 14.1. The van der Waals surface area contributed by atoms with Crippen molar-refractivity contribution in [2.24, 2.45) is 7.05 Å². The number of rotatable bonds is 7. The molecule has 3 aromatic carbocycles. The number of halogens is 1. The third kappa shape index (κ3) is 6.65. The van der Waals surface area contributed by atoms with Crippen LogP contribution in [-0.4, -0.2) is 59.2 Å². The van der Waals surface area contributed by atoms with E-state index in [1.165, 1.54) is 0 Å². The number of anilines is 1. The second kappa shape index (κ2) is 13.3. The molecule has 1 aliphatic rings. The number of carbonyl (C=O) groups excluding carboxylic acids is 1. The van der Waals surface area contributed by atoms with Crippen molar-refractivity contribution >= 4 is 55.8 Å². The summed E-state index contributed by atoms with van der Waals surface area (Å²) in [6.45, 7) is 13.3. The van der Waals surface area contributed by atoms with Gasteiger partial charge in [-0.05, 0) is 95.0 Å².